The van der Waals surface area contributed by atoms with Crippen molar-refractivity contribution in [3.05, 3.63) is 53.3 Å². The van der Waals surface area contributed by atoms with E-state index in [9.17, 15) is 9.59 Å². The fraction of sp³-hybridized carbons (Fsp3) is 0.450. The molecular formula is C20H24N4O2. The molecule has 2 aromatic rings. The van der Waals surface area contributed by atoms with E-state index in [0.717, 1.165) is 37.8 Å². The normalized spacial score (nSPS) is 19.5. The lowest BCUT2D eigenvalue weighted by Crippen LogP contribution is -2.39. The smallest absolute Gasteiger partial charge is 0.274 e. The number of nitrogens with one attached hydrogen (secondary N) is 2. The first-order chi connectivity index (χ1) is 12.7. The third-order valence-electron chi connectivity index (χ3n) is 5.15. The van der Waals surface area contributed by atoms with E-state index < -0.39 is 0 Å². The maximum absolute atomic E-state index is 12.6. The number of aromatic amines is 1. The zero-order valence-corrected chi connectivity index (χ0v) is 14.8. The standard InChI is InChI=1S/C20H24N4O2/c25-19(15-7-8-15)21-17-10-11-24(13-17)20(26)18-12-16(22-23-18)9-6-14-4-2-1-3-5-14/h1-5,12,15,17H,6-11,13H2,(H,21,25)(H,22,23). The number of nitrogens with zero attached hydrogens (tertiary/aromatic N) is 2. The number of aromatic nitrogens is 2. The Labute approximate surface area is 153 Å². The molecule has 1 saturated heterocycles. The van der Waals surface area contributed by atoms with Gasteiger partial charge in [-0.05, 0) is 43.7 Å². The number of H-pyrrole nitrogens is 1. The van der Waals surface area contributed by atoms with Crippen LogP contribution in [0, 0.1) is 5.92 Å². The molecule has 2 fully saturated rings. The summed E-state index contributed by atoms with van der Waals surface area (Å²) in [6.45, 7) is 1.24. The first-order valence-electron chi connectivity index (χ1n) is 9.37. The van der Waals surface area contributed by atoms with Gasteiger partial charge in [-0.2, -0.15) is 5.10 Å². The van der Waals surface area contributed by atoms with Crippen molar-refractivity contribution >= 4 is 11.8 Å². The summed E-state index contributed by atoms with van der Waals surface area (Å²) in [6, 6.07) is 12.2. The zero-order chi connectivity index (χ0) is 17.9. The molecule has 26 heavy (non-hydrogen) atoms. The number of hydrogen-bond acceptors (Lipinski definition) is 3. The fourth-order valence-electron chi connectivity index (χ4n) is 3.41. The van der Waals surface area contributed by atoms with Gasteiger partial charge in [0.25, 0.3) is 5.91 Å². The second kappa shape index (κ2) is 7.32. The molecule has 1 unspecified atom stereocenters. The molecule has 0 radical (unpaired) electrons. The van der Waals surface area contributed by atoms with Crippen LogP contribution in [0.1, 0.15) is 41.0 Å². The minimum Gasteiger partial charge on any atom is -0.351 e. The average molecular weight is 352 g/mol. The van der Waals surface area contributed by atoms with Crippen molar-refractivity contribution in [2.75, 3.05) is 13.1 Å². The van der Waals surface area contributed by atoms with Crippen molar-refractivity contribution in [3.63, 3.8) is 0 Å². The van der Waals surface area contributed by atoms with Crippen LogP contribution < -0.4 is 5.32 Å². The molecular weight excluding hydrogens is 328 g/mol. The van der Waals surface area contributed by atoms with E-state index in [1.807, 2.05) is 24.3 Å². The van der Waals surface area contributed by atoms with Gasteiger partial charge in [-0.15, -0.1) is 0 Å². The van der Waals surface area contributed by atoms with Crippen molar-refractivity contribution in [2.45, 2.75) is 38.1 Å². The fourth-order valence-corrected chi connectivity index (χ4v) is 3.41. The zero-order valence-electron chi connectivity index (χ0n) is 14.8. The van der Waals surface area contributed by atoms with Gasteiger partial charge in [-0.3, -0.25) is 14.7 Å². The molecule has 2 amide bonds. The second-order valence-electron chi connectivity index (χ2n) is 7.28. The van der Waals surface area contributed by atoms with Crippen LogP contribution in [-0.4, -0.2) is 46.0 Å². The number of amides is 2. The Hall–Kier alpha value is -2.63. The Morgan fingerprint density at radius 1 is 1.15 bits per heavy atom. The van der Waals surface area contributed by atoms with Gasteiger partial charge in [0.05, 0.1) is 0 Å². The summed E-state index contributed by atoms with van der Waals surface area (Å²) in [5, 5.41) is 10.2. The van der Waals surface area contributed by atoms with Crippen LogP contribution in [0.5, 0.6) is 0 Å². The van der Waals surface area contributed by atoms with Crippen molar-refractivity contribution in [1.82, 2.24) is 20.4 Å². The van der Waals surface area contributed by atoms with Crippen LogP contribution in [0.4, 0.5) is 0 Å². The van der Waals surface area contributed by atoms with Gasteiger partial charge >= 0.3 is 0 Å². The van der Waals surface area contributed by atoms with E-state index in [1.54, 1.807) is 4.90 Å². The molecule has 0 bridgehead atoms. The molecule has 6 heteroatoms. The summed E-state index contributed by atoms with van der Waals surface area (Å²) < 4.78 is 0. The quantitative estimate of drug-likeness (QED) is 0.834. The molecule has 0 spiro atoms. The molecule has 1 saturated carbocycles. The van der Waals surface area contributed by atoms with Crippen LogP contribution in [0.3, 0.4) is 0 Å². The Morgan fingerprint density at radius 2 is 1.96 bits per heavy atom. The molecule has 1 aliphatic heterocycles. The van der Waals surface area contributed by atoms with Crippen LogP contribution in [-0.2, 0) is 17.6 Å². The van der Waals surface area contributed by atoms with E-state index in [4.69, 9.17) is 0 Å². The van der Waals surface area contributed by atoms with Crippen molar-refractivity contribution in [2.24, 2.45) is 5.92 Å². The first-order valence-corrected chi connectivity index (χ1v) is 9.37. The summed E-state index contributed by atoms with van der Waals surface area (Å²) in [6.07, 6.45) is 4.55. The van der Waals surface area contributed by atoms with Crippen LogP contribution >= 0.6 is 0 Å². The maximum Gasteiger partial charge on any atom is 0.274 e. The van der Waals surface area contributed by atoms with Gasteiger partial charge in [-0.1, -0.05) is 30.3 Å². The van der Waals surface area contributed by atoms with E-state index >= 15 is 0 Å². The lowest BCUT2D eigenvalue weighted by atomic mass is 10.1. The predicted molar refractivity (Wildman–Crippen MR) is 97.6 cm³/mol. The van der Waals surface area contributed by atoms with Crippen molar-refractivity contribution < 1.29 is 9.59 Å². The third kappa shape index (κ3) is 3.95. The average Bonchev–Trinajstić information content (AvgIpc) is 3.24. The third-order valence-corrected chi connectivity index (χ3v) is 5.15. The lowest BCUT2D eigenvalue weighted by Gasteiger charge is -2.15. The first kappa shape index (κ1) is 16.8. The number of hydrogen-bond donors (Lipinski definition) is 2. The van der Waals surface area contributed by atoms with Crippen LogP contribution in [0.25, 0.3) is 0 Å². The highest BCUT2D eigenvalue weighted by Crippen LogP contribution is 2.29. The van der Waals surface area contributed by atoms with Crippen LogP contribution in [0.2, 0.25) is 0 Å². The Bertz CT molecular complexity index is 782. The van der Waals surface area contributed by atoms with E-state index in [-0.39, 0.29) is 23.8 Å². The largest absolute Gasteiger partial charge is 0.351 e. The van der Waals surface area contributed by atoms with Crippen molar-refractivity contribution in [1.29, 1.82) is 0 Å². The molecule has 2 heterocycles. The summed E-state index contributed by atoms with van der Waals surface area (Å²) in [5.41, 5.74) is 2.70. The number of rotatable bonds is 6. The van der Waals surface area contributed by atoms with Crippen molar-refractivity contribution in [3.8, 4) is 0 Å². The minimum absolute atomic E-state index is 0.0598. The number of benzene rings is 1. The maximum atomic E-state index is 12.6. The molecule has 1 aliphatic carbocycles. The topological polar surface area (TPSA) is 78.1 Å². The lowest BCUT2D eigenvalue weighted by molar-refractivity contribution is -0.122. The monoisotopic (exact) mass is 352 g/mol. The summed E-state index contributed by atoms with van der Waals surface area (Å²) >= 11 is 0. The number of aryl methyl sites for hydroxylation is 2. The summed E-state index contributed by atoms with van der Waals surface area (Å²) in [7, 11) is 0. The van der Waals surface area contributed by atoms with Gasteiger partial charge in [0.15, 0.2) is 0 Å². The van der Waals surface area contributed by atoms with Gasteiger partial charge < -0.3 is 10.2 Å². The molecule has 1 aromatic carbocycles. The second-order valence-corrected chi connectivity index (χ2v) is 7.28. The van der Waals surface area contributed by atoms with Crippen LogP contribution in [0.15, 0.2) is 36.4 Å². The molecule has 1 aromatic heterocycles. The SMILES string of the molecule is O=C(NC1CCN(C(=O)c2cc(CCc3ccccc3)[nH]n2)C1)C1CC1. The molecule has 6 nitrogen and oxygen atoms in total. The van der Waals surface area contributed by atoms with Gasteiger partial charge in [0.1, 0.15) is 5.69 Å². The molecule has 1 atom stereocenters. The highest BCUT2D eigenvalue weighted by atomic mass is 16.2. The predicted octanol–water partition coefficient (Wildman–Crippen LogP) is 1.94. The van der Waals surface area contributed by atoms with E-state index in [0.29, 0.717) is 18.8 Å². The summed E-state index contributed by atoms with van der Waals surface area (Å²) in [5.74, 6) is 0.293. The Balaban J connectivity index is 1.29. The van der Waals surface area contributed by atoms with Gasteiger partial charge in [0, 0.05) is 30.7 Å². The minimum atomic E-state index is -0.0598. The number of likely N-dealkylation sites (tertiary alicyclic amines) is 1. The van der Waals surface area contributed by atoms with E-state index in [1.165, 1.54) is 5.56 Å². The molecule has 136 valence electrons. The van der Waals surface area contributed by atoms with Gasteiger partial charge in [0.2, 0.25) is 5.91 Å². The Kier molecular flexibility index (Phi) is 4.73. The molecule has 2 N–H and O–H groups in total. The van der Waals surface area contributed by atoms with E-state index in [2.05, 4.69) is 27.6 Å². The molecule has 2 aliphatic rings. The highest BCUT2D eigenvalue weighted by Gasteiger charge is 2.34. The highest BCUT2D eigenvalue weighted by molar-refractivity contribution is 5.92. The molecule has 4 rings (SSSR count). The van der Waals surface area contributed by atoms with Gasteiger partial charge in [-0.25, -0.2) is 0 Å². The summed E-state index contributed by atoms with van der Waals surface area (Å²) in [4.78, 5) is 26.3. The number of carbonyl (C=O) groups excluding carboxylic acids is 2. The number of carbonyl (C=O) groups is 2. The Morgan fingerprint density at radius 3 is 2.73 bits per heavy atom.